The summed E-state index contributed by atoms with van der Waals surface area (Å²) in [5.74, 6) is 0.822. The van der Waals surface area contributed by atoms with Crippen molar-refractivity contribution < 1.29 is 9.53 Å². The lowest BCUT2D eigenvalue weighted by atomic mass is 10.2. The van der Waals surface area contributed by atoms with Gasteiger partial charge in [-0.2, -0.15) is 0 Å². The van der Waals surface area contributed by atoms with Gasteiger partial charge in [0.25, 0.3) is 0 Å². The number of fused-ring (bicyclic) bond motifs is 1. The number of amides is 1. The van der Waals surface area contributed by atoms with Crippen LogP contribution in [-0.4, -0.2) is 25.6 Å². The molecule has 108 valence electrons. The van der Waals surface area contributed by atoms with Crippen molar-refractivity contribution in [1.82, 2.24) is 0 Å². The summed E-state index contributed by atoms with van der Waals surface area (Å²) in [6.45, 7) is 3.68. The molecule has 1 heterocycles. The molecule has 21 heavy (non-hydrogen) atoms. The Kier molecular flexibility index (Phi) is 3.77. The first-order valence-electron chi connectivity index (χ1n) is 7.06. The summed E-state index contributed by atoms with van der Waals surface area (Å²) in [5, 5.41) is 2.93. The van der Waals surface area contributed by atoms with Crippen LogP contribution in [0.2, 0.25) is 0 Å². The van der Waals surface area contributed by atoms with Crippen LogP contribution in [0.1, 0.15) is 5.56 Å². The van der Waals surface area contributed by atoms with Crippen LogP contribution in [0.25, 0.3) is 0 Å². The number of hydrogen-bond donors (Lipinski definition) is 1. The number of rotatable bonds is 3. The van der Waals surface area contributed by atoms with E-state index >= 15 is 0 Å². The van der Waals surface area contributed by atoms with Gasteiger partial charge < -0.3 is 15.0 Å². The summed E-state index contributed by atoms with van der Waals surface area (Å²) in [6.07, 6.45) is 0. The molecule has 0 fully saturated rings. The molecule has 3 rings (SSSR count). The predicted molar refractivity (Wildman–Crippen MR) is 84.0 cm³/mol. The van der Waals surface area contributed by atoms with Crippen LogP contribution in [0.15, 0.2) is 48.5 Å². The van der Waals surface area contributed by atoms with E-state index in [4.69, 9.17) is 4.74 Å². The Morgan fingerprint density at radius 1 is 1.19 bits per heavy atom. The second-order valence-corrected chi connectivity index (χ2v) is 5.15. The largest absolute Gasteiger partial charge is 0.490 e. The van der Waals surface area contributed by atoms with Crippen LogP contribution in [0, 0.1) is 6.92 Å². The molecule has 0 unspecified atom stereocenters. The third kappa shape index (κ3) is 3.16. The van der Waals surface area contributed by atoms with Gasteiger partial charge in [-0.1, -0.05) is 29.8 Å². The molecule has 2 aromatic carbocycles. The Morgan fingerprint density at radius 2 is 1.95 bits per heavy atom. The minimum Gasteiger partial charge on any atom is -0.490 e. The lowest BCUT2D eigenvalue weighted by Crippen LogP contribution is -2.38. The van der Waals surface area contributed by atoms with E-state index in [0.29, 0.717) is 13.2 Å². The summed E-state index contributed by atoms with van der Waals surface area (Å²) in [4.78, 5) is 14.2. The number of benzene rings is 2. The fraction of sp³-hybridized carbons (Fsp3) is 0.235. The molecular weight excluding hydrogens is 264 g/mol. The van der Waals surface area contributed by atoms with Crippen molar-refractivity contribution in [3.8, 4) is 5.75 Å². The van der Waals surface area contributed by atoms with Gasteiger partial charge in [0.15, 0.2) is 0 Å². The van der Waals surface area contributed by atoms with E-state index in [1.165, 1.54) is 5.56 Å². The van der Waals surface area contributed by atoms with Crippen LogP contribution in [0.5, 0.6) is 5.75 Å². The van der Waals surface area contributed by atoms with E-state index in [2.05, 4.69) is 5.32 Å². The van der Waals surface area contributed by atoms with E-state index in [0.717, 1.165) is 23.7 Å². The molecule has 0 aliphatic carbocycles. The van der Waals surface area contributed by atoms with E-state index in [-0.39, 0.29) is 5.91 Å². The average Bonchev–Trinajstić information content (AvgIpc) is 2.50. The quantitative estimate of drug-likeness (QED) is 0.941. The predicted octanol–water partition coefficient (Wildman–Crippen LogP) is 2.83. The van der Waals surface area contributed by atoms with Crippen LogP contribution < -0.4 is 15.0 Å². The zero-order valence-corrected chi connectivity index (χ0v) is 12.0. The maximum atomic E-state index is 12.2. The van der Waals surface area contributed by atoms with Crippen LogP contribution in [0.4, 0.5) is 11.4 Å². The fourth-order valence-electron chi connectivity index (χ4n) is 2.40. The minimum atomic E-state index is -0.0180. The average molecular weight is 282 g/mol. The molecule has 0 spiro atoms. The van der Waals surface area contributed by atoms with Gasteiger partial charge in [0.2, 0.25) is 5.91 Å². The van der Waals surface area contributed by atoms with Crippen molar-refractivity contribution in [2.24, 2.45) is 0 Å². The summed E-state index contributed by atoms with van der Waals surface area (Å²) < 4.78 is 5.59. The van der Waals surface area contributed by atoms with Gasteiger partial charge in [-0.15, -0.1) is 0 Å². The molecule has 4 heteroatoms. The molecule has 1 N–H and O–H groups in total. The van der Waals surface area contributed by atoms with Crippen LogP contribution in [-0.2, 0) is 4.79 Å². The van der Waals surface area contributed by atoms with Crippen molar-refractivity contribution in [1.29, 1.82) is 0 Å². The molecule has 0 atom stereocenters. The summed E-state index contributed by atoms with van der Waals surface area (Å²) in [6, 6.07) is 15.6. The second kappa shape index (κ2) is 5.87. The summed E-state index contributed by atoms with van der Waals surface area (Å²) in [5.41, 5.74) is 2.98. The standard InChI is InChI=1S/C17H18N2O2/c1-13-6-8-14(9-7-13)18-17(20)12-19-10-11-21-16-5-3-2-4-15(16)19/h2-9H,10-12H2,1H3,(H,18,20). The first-order valence-corrected chi connectivity index (χ1v) is 7.06. The second-order valence-electron chi connectivity index (χ2n) is 5.15. The minimum absolute atomic E-state index is 0.0180. The van der Waals surface area contributed by atoms with Gasteiger partial charge in [0, 0.05) is 5.69 Å². The smallest absolute Gasteiger partial charge is 0.243 e. The lowest BCUT2D eigenvalue weighted by molar-refractivity contribution is -0.115. The molecule has 0 bridgehead atoms. The van der Waals surface area contributed by atoms with Gasteiger partial charge in [-0.3, -0.25) is 4.79 Å². The SMILES string of the molecule is Cc1ccc(NC(=O)CN2CCOc3ccccc32)cc1. The van der Waals surface area contributed by atoms with Crippen molar-refractivity contribution >= 4 is 17.3 Å². The number of nitrogens with one attached hydrogen (secondary N) is 1. The molecule has 1 aliphatic heterocycles. The highest BCUT2D eigenvalue weighted by atomic mass is 16.5. The number of anilines is 2. The van der Waals surface area contributed by atoms with E-state index in [9.17, 15) is 4.79 Å². The highest BCUT2D eigenvalue weighted by molar-refractivity contribution is 5.94. The molecule has 0 radical (unpaired) electrons. The first-order chi connectivity index (χ1) is 10.2. The summed E-state index contributed by atoms with van der Waals surface area (Å²) in [7, 11) is 0. The molecule has 4 nitrogen and oxygen atoms in total. The molecule has 1 aliphatic rings. The zero-order valence-electron chi connectivity index (χ0n) is 12.0. The Hall–Kier alpha value is -2.49. The van der Waals surface area contributed by atoms with E-state index in [1.54, 1.807) is 0 Å². The van der Waals surface area contributed by atoms with Crippen LogP contribution >= 0.6 is 0 Å². The van der Waals surface area contributed by atoms with Crippen molar-refractivity contribution in [3.63, 3.8) is 0 Å². The topological polar surface area (TPSA) is 41.6 Å². The van der Waals surface area contributed by atoms with E-state index in [1.807, 2.05) is 60.4 Å². The number of aryl methyl sites for hydroxylation is 1. The molecule has 0 saturated carbocycles. The Labute approximate surface area is 124 Å². The maximum Gasteiger partial charge on any atom is 0.243 e. The molecule has 2 aromatic rings. The van der Waals surface area contributed by atoms with Crippen molar-refractivity contribution in [2.45, 2.75) is 6.92 Å². The van der Waals surface area contributed by atoms with Crippen LogP contribution in [0.3, 0.4) is 0 Å². The third-order valence-electron chi connectivity index (χ3n) is 3.49. The van der Waals surface area contributed by atoms with Gasteiger partial charge in [0.05, 0.1) is 18.8 Å². The van der Waals surface area contributed by atoms with Gasteiger partial charge >= 0.3 is 0 Å². The monoisotopic (exact) mass is 282 g/mol. The normalized spacial score (nSPS) is 13.3. The number of nitrogens with zero attached hydrogens (tertiary/aromatic N) is 1. The van der Waals surface area contributed by atoms with Crippen molar-refractivity contribution in [2.75, 3.05) is 29.9 Å². The fourth-order valence-corrected chi connectivity index (χ4v) is 2.40. The summed E-state index contributed by atoms with van der Waals surface area (Å²) >= 11 is 0. The highest BCUT2D eigenvalue weighted by Crippen LogP contribution is 2.30. The number of hydrogen-bond acceptors (Lipinski definition) is 3. The van der Waals surface area contributed by atoms with E-state index < -0.39 is 0 Å². The Bertz CT molecular complexity index is 637. The molecule has 1 amide bonds. The zero-order chi connectivity index (χ0) is 14.7. The Balaban J connectivity index is 1.67. The van der Waals surface area contributed by atoms with Gasteiger partial charge in [0.1, 0.15) is 12.4 Å². The first kappa shape index (κ1) is 13.5. The number of carbonyl (C=O) groups excluding carboxylic acids is 1. The van der Waals surface area contributed by atoms with Crippen molar-refractivity contribution in [3.05, 3.63) is 54.1 Å². The Morgan fingerprint density at radius 3 is 2.76 bits per heavy atom. The number of carbonyl (C=O) groups is 1. The van der Waals surface area contributed by atoms with Gasteiger partial charge in [-0.25, -0.2) is 0 Å². The highest BCUT2D eigenvalue weighted by Gasteiger charge is 2.19. The molecular formula is C17H18N2O2. The third-order valence-corrected chi connectivity index (χ3v) is 3.49. The molecule has 0 saturated heterocycles. The number of ether oxygens (including phenoxy) is 1. The van der Waals surface area contributed by atoms with Gasteiger partial charge in [-0.05, 0) is 31.2 Å². The lowest BCUT2D eigenvalue weighted by Gasteiger charge is -2.30. The number of para-hydroxylation sites is 2. The molecule has 0 aromatic heterocycles. The maximum absolute atomic E-state index is 12.2.